The Kier molecular flexibility index (Phi) is 5.66. The van der Waals surface area contributed by atoms with Crippen LogP contribution in [0.2, 0.25) is 0 Å². The van der Waals surface area contributed by atoms with Crippen molar-refractivity contribution in [1.82, 2.24) is 15.4 Å². The first-order valence-electron chi connectivity index (χ1n) is 7.09. The summed E-state index contributed by atoms with van der Waals surface area (Å²) >= 11 is 1.45. The lowest BCUT2D eigenvalue weighted by Gasteiger charge is -2.02. The molecule has 4 amide bonds. The standard InChI is InChI=1S/C16H17N3O3S/c1-3-11(6-9-13-15(21)18-16(22)17-13)5-4-10(2)14(20)19-23-12-7-8-12/h3-5,12-13H,1,7-8H2,2H3,(H,19,20)(H2,17,18,21,22)/b10-4+,11-5+. The third-order valence-electron chi connectivity index (χ3n) is 3.07. The van der Waals surface area contributed by atoms with Crippen LogP contribution in [0, 0.1) is 11.8 Å². The van der Waals surface area contributed by atoms with Crippen LogP contribution in [0.25, 0.3) is 0 Å². The lowest BCUT2D eigenvalue weighted by atomic mass is 10.2. The topological polar surface area (TPSA) is 87.3 Å². The van der Waals surface area contributed by atoms with Gasteiger partial charge in [0.25, 0.3) is 11.8 Å². The van der Waals surface area contributed by atoms with Crippen molar-refractivity contribution >= 4 is 29.8 Å². The molecule has 2 fully saturated rings. The number of allylic oxidation sites excluding steroid dienone is 4. The molecule has 1 atom stereocenters. The molecular formula is C16H17N3O3S. The molecule has 120 valence electrons. The Morgan fingerprint density at radius 2 is 2.13 bits per heavy atom. The van der Waals surface area contributed by atoms with Gasteiger partial charge in [-0.25, -0.2) is 4.79 Å². The van der Waals surface area contributed by atoms with E-state index in [1.54, 1.807) is 19.1 Å². The molecule has 6 nitrogen and oxygen atoms in total. The smallest absolute Gasteiger partial charge is 0.316 e. The van der Waals surface area contributed by atoms with E-state index in [0.717, 1.165) is 12.8 Å². The molecule has 23 heavy (non-hydrogen) atoms. The molecule has 1 aliphatic heterocycles. The van der Waals surface area contributed by atoms with Crippen LogP contribution in [-0.2, 0) is 9.59 Å². The van der Waals surface area contributed by atoms with E-state index in [9.17, 15) is 14.4 Å². The second-order valence-electron chi connectivity index (χ2n) is 5.09. The molecule has 1 heterocycles. The summed E-state index contributed by atoms with van der Waals surface area (Å²) in [7, 11) is 0. The first kappa shape index (κ1) is 16.9. The largest absolute Gasteiger partial charge is 0.322 e. The van der Waals surface area contributed by atoms with Gasteiger partial charge in [-0.3, -0.25) is 19.6 Å². The SMILES string of the molecule is C=C/C(C#CC1NC(=O)NC1=O)=C\C=C(/C)C(=O)NSC1CC1. The fourth-order valence-electron chi connectivity index (χ4n) is 1.53. The Balaban J connectivity index is 1.96. The second kappa shape index (κ2) is 7.70. The molecule has 2 aliphatic rings. The summed E-state index contributed by atoms with van der Waals surface area (Å²) in [5, 5.41) is 5.03. The van der Waals surface area contributed by atoms with E-state index in [2.05, 4.69) is 33.8 Å². The number of carbonyl (C=O) groups is 3. The number of rotatable bonds is 5. The zero-order valence-corrected chi connectivity index (χ0v) is 13.5. The molecule has 2 rings (SSSR count). The third-order valence-corrected chi connectivity index (χ3v) is 4.18. The van der Waals surface area contributed by atoms with Crippen molar-refractivity contribution in [3.05, 3.63) is 36.0 Å². The number of hydrogen-bond donors (Lipinski definition) is 3. The van der Waals surface area contributed by atoms with Crippen molar-refractivity contribution in [2.24, 2.45) is 0 Å². The number of amides is 4. The summed E-state index contributed by atoms with van der Waals surface area (Å²) in [6.07, 6.45) is 7.10. The van der Waals surface area contributed by atoms with Crippen molar-refractivity contribution in [3.63, 3.8) is 0 Å². The highest BCUT2D eigenvalue weighted by atomic mass is 32.2. The van der Waals surface area contributed by atoms with Gasteiger partial charge in [0.1, 0.15) is 0 Å². The molecule has 3 N–H and O–H groups in total. The maximum atomic E-state index is 11.8. The van der Waals surface area contributed by atoms with Crippen LogP contribution >= 0.6 is 11.9 Å². The quantitative estimate of drug-likeness (QED) is 0.232. The van der Waals surface area contributed by atoms with Crippen LogP contribution in [0.4, 0.5) is 4.79 Å². The normalized spacial score (nSPS) is 21.0. The summed E-state index contributed by atoms with van der Waals surface area (Å²) < 4.78 is 2.79. The average Bonchev–Trinajstić information content (AvgIpc) is 3.29. The first-order valence-corrected chi connectivity index (χ1v) is 7.97. The molecule has 0 spiro atoms. The lowest BCUT2D eigenvalue weighted by molar-refractivity contribution is -0.119. The second-order valence-corrected chi connectivity index (χ2v) is 6.20. The highest BCUT2D eigenvalue weighted by molar-refractivity contribution is 7.98. The minimum absolute atomic E-state index is 0.142. The van der Waals surface area contributed by atoms with Crippen LogP contribution in [0.1, 0.15) is 19.8 Å². The predicted octanol–water partition coefficient (Wildman–Crippen LogP) is 1.18. The van der Waals surface area contributed by atoms with Crippen molar-refractivity contribution in [3.8, 4) is 11.8 Å². The van der Waals surface area contributed by atoms with Crippen LogP contribution in [0.5, 0.6) is 0 Å². The Labute approximate surface area is 139 Å². The minimum Gasteiger partial charge on any atom is -0.316 e. The Morgan fingerprint density at radius 1 is 1.39 bits per heavy atom. The summed E-state index contributed by atoms with van der Waals surface area (Å²) in [6, 6.07) is -1.42. The van der Waals surface area contributed by atoms with Crippen LogP contribution < -0.4 is 15.4 Å². The molecule has 0 aromatic rings. The number of hydrogen-bond acceptors (Lipinski definition) is 4. The number of imide groups is 1. The van der Waals surface area contributed by atoms with Gasteiger partial charge in [0, 0.05) is 16.4 Å². The summed E-state index contributed by atoms with van der Waals surface area (Å²) in [6.45, 7) is 5.34. The third kappa shape index (κ3) is 5.34. The van der Waals surface area contributed by atoms with Crippen LogP contribution in [-0.4, -0.2) is 29.1 Å². The monoisotopic (exact) mass is 331 g/mol. The van der Waals surface area contributed by atoms with Gasteiger partial charge < -0.3 is 5.32 Å². The van der Waals surface area contributed by atoms with Crippen molar-refractivity contribution in [1.29, 1.82) is 0 Å². The maximum Gasteiger partial charge on any atom is 0.322 e. The summed E-state index contributed by atoms with van der Waals surface area (Å²) in [5.41, 5.74) is 1.09. The zero-order valence-electron chi connectivity index (χ0n) is 12.6. The highest BCUT2D eigenvalue weighted by Gasteiger charge is 2.27. The van der Waals surface area contributed by atoms with Gasteiger partial charge in [0.15, 0.2) is 6.04 Å². The Hall–Kier alpha value is -2.46. The molecule has 1 unspecified atom stereocenters. The van der Waals surface area contributed by atoms with Gasteiger partial charge in [-0.2, -0.15) is 0 Å². The summed E-state index contributed by atoms with van der Waals surface area (Å²) in [5.74, 6) is 4.78. The first-order chi connectivity index (χ1) is 11.0. The maximum absolute atomic E-state index is 11.8. The van der Waals surface area contributed by atoms with Gasteiger partial charge in [0.2, 0.25) is 0 Å². The Bertz CT molecular complexity index is 666. The highest BCUT2D eigenvalue weighted by Crippen LogP contribution is 2.31. The number of nitrogens with one attached hydrogen (secondary N) is 3. The molecule has 1 aliphatic carbocycles. The van der Waals surface area contributed by atoms with Crippen molar-refractivity contribution in [2.45, 2.75) is 31.1 Å². The fourth-order valence-corrected chi connectivity index (χ4v) is 2.33. The molecule has 1 saturated heterocycles. The van der Waals surface area contributed by atoms with Gasteiger partial charge in [0.05, 0.1) is 0 Å². The van der Waals surface area contributed by atoms with E-state index in [1.165, 1.54) is 18.0 Å². The molecule has 0 aromatic heterocycles. The lowest BCUT2D eigenvalue weighted by Crippen LogP contribution is -2.26. The van der Waals surface area contributed by atoms with Gasteiger partial charge >= 0.3 is 6.03 Å². The zero-order chi connectivity index (χ0) is 16.8. The molecule has 1 saturated carbocycles. The molecule has 0 radical (unpaired) electrons. The van der Waals surface area contributed by atoms with E-state index < -0.39 is 18.0 Å². The van der Waals surface area contributed by atoms with Crippen LogP contribution in [0.3, 0.4) is 0 Å². The minimum atomic E-state index is -0.867. The van der Waals surface area contributed by atoms with E-state index in [-0.39, 0.29) is 5.91 Å². The number of urea groups is 1. The van der Waals surface area contributed by atoms with E-state index in [0.29, 0.717) is 16.4 Å². The van der Waals surface area contributed by atoms with Crippen molar-refractivity contribution < 1.29 is 14.4 Å². The predicted molar refractivity (Wildman–Crippen MR) is 89.0 cm³/mol. The van der Waals surface area contributed by atoms with Gasteiger partial charge in [-0.1, -0.05) is 30.6 Å². The molecule has 0 aromatic carbocycles. The molecular weight excluding hydrogens is 314 g/mol. The van der Waals surface area contributed by atoms with Crippen LogP contribution in [0.15, 0.2) is 36.0 Å². The van der Waals surface area contributed by atoms with E-state index in [4.69, 9.17) is 0 Å². The summed E-state index contributed by atoms with van der Waals surface area (Å²) in [4.78, 5) is 34.2. The van der Waals surface area contributed by atoms with E-state index in [1.807, 2.05) is 0 Å². The van der Waals surface area contributed by atoms with Gasteiger partial charge in [-0.05, 0) is 37.8 Å². The Morgan fingerprint density at radius 3 is 2.70 bits per heavy atom. The average molecular weight is 331 g/mol. The molecule has 7 heteroatoms. The van der Waals surface area contributed by atoms with Crippen molar-refractivity contribution in [2.75, 3.05) is 0 Å². The van der Waals surface area contributed by atoms with E-state index >= 15 is 0 Å². The molecule has 0 bridgehead atoms. The van der Waals surface area contributed by atoms with Gasteiger partial charge in [-0.15, -0.1) is 0 Å². The number of carbonyl (C=O) groups excluding carboxylic acids is 3. The fraction of sp³-hybridized carbons (Fsp3) is 0.312.